The van der Waals surface area contributed by atoms with Gasteiger partial charge >= 0.3 is 5.69 Å². The molecule has 26 heavy (non-hydrogen) atoms. The molecular formula is C16H12BrN3O6. The van der Waals surface area contributed by atoms with Gasteiger partial charge < -0.3 is 14.6 Å². The molecule has 1 atom stereocenters. The first kappa shape index (κ1) is 17.7. The summed E-state index contributed by atoms with van der Waals surface area (Å²) in [4.78, 5) is 22.3. The van der Waals surface area contributed by atoms with Gasteiger partial charge in [-0.2, -0.15) is 5.10 Å². The number of hydrogen-bond donors (Lipinski definition) is 2. The summed E-state index contributed by atoms with van der Waals surface area (Å²) < 4.78 is 11.4. The Morgan fingerprint density at radius 2 is 2.12 bits per heavy atom. The maximum atomic E-state index is 12.1. The van der Waals surface area contributed by atoms with Gasteiger partial charge in [0.25, 0.3) is 5.91 Å². The number of nitro groups is 1. The third-order valence-corrected chi connectivity index (χ3v) is 3.92. The van der Waals surface area contributed by atoms with Crippen molar-refractivity contribution in [3.63, 3.8) is 0 Å². The molecule has 2 aromatic carbocycles. The predicted molar refractivity (Wildman–Crippen MR) is 94.6 cm³/mol. The second-order valence-corrected chi connectivity index (χ2v) is 6.13. The molecule has 2 aromatic rings. The van der Waals surface area contributed by atoms with E-state index in [9.17, 15) is 20.0 Å². The number of phenolic OH excluding ortho intramolecular Hbond substituents is 1. The zero-order valence-corrected chi connectivity index (χ0v) is 14.7. The van der Waals surface area contributed by atoms with Crippen LogP contribution in [0.2, 0.25) is 0 Å². The fourth-order valence-corrected chi connectivity index (χ4v) is 2.69. The maximum absolute atomic E-state index is 12.1. The highest BCUT2D eigenvalue weighted by Gasteiger charge is 2.27. The van der Waals surface area contributed by atoms with Gasteiger partial charge in [0, 0.05) is 16.1 Å². The Morgan fingerprint density at radius 3 is 2.85 bits per heavy atom. The third-order valence-electron chi connectivity index (χ3n) is 3.46. The Morgan fingerprint density at radius 1 is 1.38 bits per heavy atom. The third kappa shape index (κ3) is 3.75. The van der Waals surface area contributed by atoms with E-state index in [-0.39, 0.29) is 12.2 Å². The normalized spacial score (nSPS) is 15.7. The van der Waals surface area contributed by atoms with Crippen molar-refractivity contribution in [2.45, 2.75) is 6.10 Å². The van der Waals surface area contributed by atoms with Gasteiger partial charge in [-0.25, -0.2) is 5.43 Å². The Kier molecular flexibility index (Phi) is 5.03. The summed E-state index contributed by atoms with van der Waals surface area (Å²) in [5, 5.41) is 24.5. The lowest BCUT2D eigenvalue weighted by atomic mass is 10.2. The lowest BCUT2D eigenvalue weighted by Gasteiger charge is -2.24. The van der Waals surface area contributed by atoms with Gasteiger partial charge in [0.05, 0.1) is 11.1 Å². The van der Waals surface area contributed by atoms with E-state index in [4.69, 9.17) is 9.47 Å². The number of carbonyl (C=O) groups is 1. The molecule has 134 valence electrons. The highest BCUT2D eigenvalue weighted by atomic mass is 79.9. The Hall–Kier alpha value is -3.14. The molecular weight excluding hydrogens is 410 g/mol. The highest BCUT2D eigenvalue weighted by molar-refractivity contribution is 9.10. The summed E-state index contributed by atoms with van der Waals surface area (Å²) in [5.41, 5.74) is 1.84. The predicted octanol–water partition coefficient (Wildman–Crippen LogP) is 2.35. The number of nitro benzene ring substituents is 1. The number of aromatic hydroxyl groups is 1. The molecule has 2 N–H and O–H groups in total. The molecule has 3 rings (SSSR count). The van der Waals surface area contributed by atoms with Crippen LogP contribution in [-0.2, 0) is 4.79 Å². The van der Waals surface area contributed by atoms with Crippen LogP contribution in [0.15, 0.2) is 46.0 Å². The SMILES string of the molecule is O=C(N/N=C\c1cc(Br)cc([N+](=O)[O-])c1O)[C@H]1COc2ccccc2O1. The summed E-state index contributed by atoms with van der Waals surface area (Å²) in [6.07, 6.45) is 0.204. The monoisotopic (exact) mass is 421 g/mol. The van der Waals surface area contributed by atoms with Crippen molar-refractivity contribution in [1.29, 1.82) is 0 Å². The van der Waals surface area contributed by atoms with Crippen molar-refractivity contribution in [3.05, 3.63) is 56.5 Å². The van der Waals surface area contributed by atoms with Gasteiger partial charge in [-0.15, -0.1) is 0 Å². The van der Waals surface area contributed by atoms with Gasteiger partial charge in [-0.3, -0.25) is 14.9 Å². The van der Waals surface area contributed by atoms with Crippen molar-refractivity contribution in [3.8, 4) is 17.2 Å². The quantitative estimate of drug-likeness (QED) is 0.443. The second kappa shape index (κ2) is 7.40. The number of rotatable bonds is 4. The standard InChI is InChI=1S/C16H12BrN3O6/c17-10-5-9(15(21)11(6-10)20(23)24)7-18-19-16(22)14-8-25-12-3-1-2-4-13(12)26-14/h1-7,14,21H,8H2,(H,19,22)/b18-7-/t14-/m1/s1. The molecule has 1 aliphatic heterocycles. The number of carbonyl (C=O) groups excluding carboxylic acids is 1. The summed E-state index contributed by atoms with van der Waals surface area (Å²) in [6, 6.07) is 9.53. The average Bonchev–Trinajstić information content (AvgIpc) is 2.63. The molecule has 0 fully saturated rings. The molecule has 0 saturated carbocycles. The summed E-state index contributed by atoms with van der Waals surface area (Å²) in [7, 11) is 0. The number of benzene rings is 2. The number of halogens is 1. The first-order valence-electron chi connectivity index (χ1n) is 7.34. The van der Waals surface area contributed by atoms with Gasteiger partial charge in [0.15, 0.2) is 11.5 Å². The van der Waals surface area contributed by atoms with Crippen molar-refractivity contribution >= 4 is 33.7 Å². The largest absolute Gasteiger partial charge is 0.502 e. The molecule has 0 aliphatic carbocycles. The molecule has 10 heteroatoms. The molecule has 0 aromatic heterocycles. The summed E-state index contributed by atoms with van der Waals surface area (Å²) in [6.45, 7) is 0.0198. The van der Waals surface area contributed by atoms with Crippen LogP contribution in [0.1, 0.15) is 5.56 Å². The van der Waals surface area contributed by atoms with Gasteiger partial charge in [0.1, 0.15) is 6.61 Å². The van der Waals surface area contributed by atoms with Gasteiger partial charge in [-0.1, -0.05) is 28.1 Å². The molecule has 9 nitrogen and oxygen atoms in total. The van der Waals surface area contributed by atoms with E-state index in [1.165, 1.54) is 6.07 Å². The molecule has 0 saturated heterocycles. The van der Waals surface area contributed by atoms with Crippen molar-refractivity contribution in [2.24, 2.45) is 5.10 Å². The van der Waals surface area contributed by atoms with E-state index in [0.717, 1.165) is 12.3 Å². The first-order chi connectivity index (χ1) is 12.5. The van der Waals surface area contributed by atoms with Crippen LogP contribution in [-0.4, -0.2) is 34.9 Å². The number of hydrogen-bond acceptors (Lipinski definition) is 7. The zero-order chi connectivity index (χ0) is 18.7. The minimum atomic E-state index is -0.896. The van der Waals surface area contributed by atoms with Crippen LogP contribution in [0, 0.1) is 10.1 Å². The van der Waals surface area contributed by atoms with E-state index in [0.29, 0.717) is 16.0 Å². The molecule has 0 spiro atoms. The average molecular weight is 422 g/mol. The van der Waals surface area contributed by atoms with Crippen molar-refractivity contribution in [2.75, 3.05) is 6.61 Å². The number of hydrazone groups is 1. The van der Waals surface area contributed by atoms with E-state index in [1.54, 1.807) is 24.3 Å². The van der Waals surface area contributed by atoms with Crippen molar-refractivity contribution < 1.29 is 24.3 Å². The zero-order valence-electron chi connectivity index (χ0n) is 13.1. The van der Waals surface area contributed by atoms with Crippen LogP contribution in [0.5, 0.6) is 17.2 Å². The number of nitrogens with zero attached hydrogens (tertiary/aromatic N) is 2. The van der Waals surface area contributed by atoms with E-state index < -0.39 is 28.4 Å². The molecule has 1 aliphatic rings. The summed E-state index contributed by atoms with van der Waals surface area (Å²) in [5.74, 6) is -0.114. The van der Waals surface area contributed by atoms with E-state index in [2.05, 4.69) is 26.5 Å². The minimum absolute atomic E-state index is 0.0198. The second-order valence-electron chi connectivity index (χ2n) is 5.22. The number of amides is 1. The molecule has 0 radical (unpaired) electrons. The number of ether oxygens (including phenoxy) is 2. The van der Waals surface area contributed by atoms with Crippen LogP contribution in [0.3, 0.4) is 0 Å². The van der Waals surface area contributed by atoms with Gasteiger partial charge in [-0.05, 0) is 18.2 Å². The van der Waals surface area contributed by atoms with Gasteiger partial charge in [0.2, 0.25) is 11.9 Å². The van der Waals surface area contributed by atoms with E-state index >= 15 is 0 Å². The number of phenols is 1. The number of fused-ring (bicyclic) bond motifs is 1. The van der Waals surface area contributed by atoms with Crippen molar-refractivity contribution in [1.82, 2.24) is 5.43 Å². The summed E-state index contributed by atoms with van der Waals surface area (Å²) >= 11 is 3.11. The Labute approximate surface area is 155 Å². The fraction of sp³-hybridized carbons (Fsp3) is 0.125. The maximum Gasteiger partial charge on any atom is 0.312 e. The van der Waals surface area contributed by atoms with Crippen LogP contribution in [0.4, 0.5) is 5.69 Å². The minimum Gasteiger partial charge on any atom is -0.502 e. The lowest BCUT2D eigenvalue weighted by Crippen LogP contribution is -2.42. The topological polar surface area (TPSA) is 123 Å². The molecule has 0 unspecified atom stereocenters. The smallest absolute Gasteiger partial charge is 0.312 e. The number of para-hydroxylation sites is 2. The first-order valence-corrected chi connectivity index (χ1v) is 8.13. The molecule has 1 heterocycles. The van der Waals surface area contributed by atoms with E-state index in [1.807, 2.05) is 0 Å². The van der Waals surface area contributed by atoms with Crippen LogP contribution < -0.4 is 14.9 Å². The Balaban J connectivity index is 1.68. The molecule has 1 amide bonds. The number of nitrogens with one attached hydrogen (secondary N) is 1. The highest BCUT2D eigenvalue weighted by Crippen LogP contribution is 2.32. The van der Waals surface area contributed by atoms with Crippen LogP contribution in [0.25, 0.3) is 0 Å². The lowest BCUT2D eigenvalue weighted by molar-refractivity contribution is -0.385. The molecule has 0 bridgehead atoms. The Bertz CT molecular complexity index is 902. The van der Waals surface area contributed by atoms with Crippen LogP contribution >= 0.6 is 15.9 Å². The fourth-order valence-electron chi connectivity index (χ4n) is 2.23.